The molecule has 0 saturated heterocycles. The number of hydrogen-bond acceptors (Lipinski definition) is 2. The van der Waals surface area contributed by atoms with Gasteiger partial charge in [0.05, 0.1) is 17.9 Å². The van der Waals surface area contributed by atoms with Crippen LogP contribution in [0.4, 0.5) is 0 Å². The Kier molecular flexibility index (Phi) is 5.14. The number of furan rings is 1. The van der Waals surface area contributed by atoms with Crippen molar-refractivity contribution in [3.05, 3.63) is 95.4 Å². The fraction of sp³-hybridized carbons (Fsp3) is 0.136. The third-order valence-corrected chi connectivity index (χ3v) is 4.08. The van der Waals surface area contributed by atoms with Crippen molar-refractivity contribution in [1.29, 1.82) is 0 Å². The zero-order chi connectivity index (χ0) is 17.6. The summed E-state index contributed by atoms with van der Waals surface area (Å²) in [7, 11) is 0. The van der Waals surface area contributed by atoms with Gasteiger partial charge in [0.1, 0.15) is 5.76 Å². The average Bonchev–Trinajstić information content (AvgIpc) is 3.14. The number of rotatable bonds is 5. The molecule has 3 aromatic rings. The van der Waals surface area contributed by atoms with Gasteiger partial charge in [0.2, 0.25) is 0 Å². The third-order valence-electron chi connectivity index (χ3n) is 4.08. The molecule has 0 bridgehead atoms. The van der Waals surface area contributed by atoms with E-state index in [1.807, 2.05) is 62.4 Å². The Morgan fingerprint density at radius 2 is 1.72 bits per heavy atom. The maximum atomic E-state index is 12.9. The Bertz CT molecular complexity index is 847. The van der Waals surface area contributed by atoms with E-state index in [9.17, 15) is 4.79 Å². The summed E-state index contributed by atoms with van der Waals surface area (Å²) < 4.78 is 5.38. The van der Waals surface area contributed by atoms with Gasteiger partial charge in [-0.25, -0.2) is 0 Å². The zero-order valence-electron chi connectivity index (χ0n) is 14.4. The molecule has 3 nitrogen and oxygen atoms in total. The van der Waals surface area contributed by atoms with Crippen LogP contribution in [0.25, 0.3) is 11.6 Å². The molecule has 1 aromatic heterocycles. The van der Waals surface area contributed by atoms with Crippen molar-refractivity contribution in [3.8, 4) is 0 Å². The van der Waals surface area contributed by atoms with Crippen LogP contribution in [0.3, 0.4) is 0 Å². The van der Waals surface area contributed by atoms with E-state index in [1.54, 1.807) is 18.4 Å². The van der Waals surface area contributed by atoms with E-state index in [0.717, 1.165) is 11.1 Å². The smallest absolute Gasteiger partial charge is 0.252 e. The van der Waals surface area contributed by atoms with Crippen molar-refractivity contribution in [2.45, 2.75) is 19.9 Å². The second-order valence-corrected chi connectivity index (χ2v) is 6.05. The van der Waals surface area contributed by atoms with E-state index in [1.165, 1.54) is 5.56 Å². The van der Waals surface area contributed by atoms with Crippen LogP contribution in [-0.2, 0) is 4.79 Å². The fourth-order valence-corrected chi connectivity index (χ4v) is 2.63. The molecule has 1 heterocycles. The maximum absolute atomic E-state index is 12.9. The number of hydrogen-bond donors (Lipinski definition) is 1. The summed E-state index contributed by atoms with van der Waals surface area (Å²) in [4.78, 5) is 12.9. The summed E-state index contributed by atoms with van der Waals surface area (Å²) in [6.45, 7) is 4.03. The van der Waals surface area contributed by atoms with E-state index in [2.05, 4.69) is 17.4 Å². The highest BCUT2D eigenvalue weighted by molar-refractivity contribution is 6.24. The van der Waals surface area contributed by atoms with Crippen LogP contribution in [0.15, 0.2) is 77.4 Å². The Morgan fingerprint density at radius 3 is 2.36 bits per heavy atom. The molecule has 0 aliphatic heterocycles. The molecule has 0 spiro atoms. The number of carbonyl (C=O) groups excluding carboxylic acids is 1. The van der Waals surface area contributed by atoms with Crippen LogP contribution in [0.5, 0.6) is 0 Å². The van der Waals surface area contributed by atoms with Gasteiger partial charge in [0, 0.05) is 0 Å². The maximum Gasteiger partial charge on any atom is 0.252 e. The van der Waals surface area contributed by atoms with Crippen molar-refractivity contribution in [1.82, 2.24) is 5.32 Å². The minimum Gasteiger partial charge on any atom is -0.465 e. The molecular weight excluding hydrogens is 310 g/mol. The van der Waals surface area contributed by atoms with Crippen molar-refractivity contribution < 1.29 is 9.21 Å². The number of benzene rings is 2. The second kappa shape index (κ2) is 7.67. The lowest BCUT2D eigenvalue weighted by atomic mass is 10.0. The first-order valence-electron chi connectivity index (χ1n) is 8.31. The molecule has 0 aliphatic rings. The summed E-state index contributed by atoms with van der Waals surface area (Å²) in [5.41, 5.74) is 3.70. The molecule has 126 valence electrons. The summed E-state index contributed by atoms with van der Waals surface area (Å²) in [5, 5.41) is 3.08. The van der Waals surface area contributed by atoms with Crippen molar-refractivity contribution >= 4 is 17.6 Å². The first-order valence-corrected chi connectivity index (χ1v) is 8.31. The van der Waals surface area contributed by atoms with Crippen LogP contribution < -0.4 is 5.32 Å². The monoisotopic (exact) mass is 331 g/mol. The molecule has 1 N–H and O–H groups in total. The van der Waals surface area contributed by atoms with Gasteiger partial charge in [-0.1, -0.05) is 60.2 Å². The lowest BCUT2D eigenvalue weighted by Crippen LogP contribution is -2.27. The van der Waals surface area contributed by atoms with Crippen molar-refractivity contribution in [2.24, 2.45) is 0 Å². The van der Waals surface area contributed by atoms with E-state index >= 15 is 0 Å². The summed E-state index contributed by atoms with van der Waals surface area (Å²) in [6.07, 6.45) is 3.37. The number of amides is 1. The topological polar surface area (TPSA) is 42.2 Å². The largest absolute Gasteiger partial charge is 0.465 e. The summed E-state index contributed by atoms with van der Waals surface area (Å²) in [6, 6.07) is 21.3. The summed E-state index contributed by atoms with van der Waals surface area (Å²) >= 11 is 0. The lowest BCUT2D eigenvalue weighted by molar-refractivity contribution is -0.116. The molecule has 2 aromatic carbocycles. The average molecular weight is 331 g/mol. The first kappa shape index (κ1) is 16.8. The van der Waals surface area contributed by atoms with E-state index < -0.39 is 0 Å². The molecule has 1 atom stereocenters. The number of aryl methyl sites for hydroxylation is 1. The van der Waals surface area contributed by atoms with Crippen LogP contribution >= 0.6 is 0 Å². The predicted molar refractivity (Wildman–Crippen MR) is 101 cm³/mol. The van der Waals surface area contributed by atoms with E-state index in [-0.39, 0.29) is 11.9 Å². The second-order valence-electron chi connectivity index (χ2n) is 6.05. The van der Waals surface area contributed by atoms with E-state index in [4.69, 9.17) is 4.42 Å². The highest BCUT2D eigenvalue weighted by Crippen LogP contribution is 2.21. The van der Waals surface area contributed by atoms with Crippen LogP contribution in [-0.4, -0.2) is 5.91 Å². The molecule has 3 rings (SSSR count). The molecule has 1 amide bonds. The lowest BCUT2D eigenvalue weighted by Gasteiger charge is -2.16. The van der Waals surface area contributed by atoms with E-state index in [0.29, 0.717) is 11.3 Å². The van der Waals surface area contributed by atoms with Gasteiger partial charge in [0.25, 0.3) is 5.91 Å². The Morgan fingerprint density at radius 1 is 1.00 bits per heavy atom. The van der Waals surface area contributed by atoms with Gasteiger partial charge in [-0.3, -0.25) is 4.79 Å². The zero-order valence-corrected chi connectivity index (χ0v) is 14.4. The van der Waals surface area contributed by atoms with Crippen molar-refractivity contribution in [2.75, 3.05) is 0 Å². The molecule has 0 saturated carbocycles. The van der Waals surface area contributed by atoms with Gasteiger partial charge in [-0.15, -0.1) is 0 Å². The molecule has 0 radical (unpaired) electrons. The Balaban J connectivity index is 1.86. The molecule has 0 fully saturated rings. The van der Waals surface area contributed by atoms with Crippen LogP contribution in [0.2, 0.25) is 0 Å². The third kappa shape index (κ3) is 4.27. The minimum atomic E-state index is -0.129. The quantitative estimate of drug-likeness (QED) is 0.668. The molecule has 3 heteroatoms. The van der Waals surface area contributed by atoms with Gasteiger partial charge in [0.15, 0.2) is 0 Å². The van der Waals surface area contributed by atoms with Crippen LogP contribution in [0.1, 0.15) is 35.4 Å². The highest BCUT2D eigenvalue weighted by atomic mass is 16.3. The Labute approximate surface area is 148 Å². The van der Waals surface area contributed by atoms with Crippen LogP contribution in [0, 0.1) is 6.92 Å². The Hall–Kier alpha value is -3.07. The normalized spacial score (nSPS) is 12.6. The first-order chi connectivity index (χ1) is 12.1. The van der Waals surface area contributed by atoms with Crippen molar-refractivity contribution in [3.63, 3.8) is 0 Å². The molecular formula is C22H21NO2. The minimum absolute atomic E-state index is 0.0863. The standard InChI is InChI=1S/C22H21NO2/c1-16-10-12-18(13-11-16)17(2)23-22(24)21(15-20-9-6-14-25-20)19-7-4-3-5-8-19/h3-15,17H,1-2H3,(H,23,24)/b21-15+. The fourth-order valence-electron chi connectivity index (χ4n) is 2.63. The van der Waals surface area contributed by atoms with Gasteiger partial charge in [-0.2, -0.15) is 0 Å². The number of nitrogens with one attached hydrogen (secondary N) is 1. The molecule has 0 aliphatic carbocycles. The SMILES string of the molecule is Cc1ccc(C(C)NC(=O)/C(=C/c2ccco2)c2ccccc2)cc1. The van der Waals surface area contributed by atoms with Gasteiger partial charge >= 0.3 is 0 Å². The highest BCUT2D eigenvalue weighted by Gasteiger charge is 2.16. The van der Waals surface area contributed by atoms with Gasteiger partial charge in [-0.05, 0) is 43.2 Å². The number of carbonyl (C=O) groups is 1. The van der Waals surface area contributed by atoms with Gasteiger partial charge < -0.3 is 9.73 Å². The molecule has 25 heavy (non-hydrogen) atoms. The predicted octanol–water partition coefficient (Wildman–Crippen LogP) is 5.01. The molecule has 1 unspecified atom stereocenters. The summed E-state index contributed by atoms with van der Waals surface area (Å²) in [5.74, 6) is 0.521.